The van der Waals surface area contributed by atoms with Crippen LogP contribution in [0.5, 0.6) is 11.5 Å². The second kappa shape index (κ2) is 11.0. The fraction of sp³-hybridized carbons (Fsp3) is 0.214. The van der Waals surface area contributed by atoms with Gasteiger partial charge in [0.1, 0.15) is 17.3 Å². The number of amides is 1. The molecule has 1 fully saturated rings. The minimum absolute atomic E-state index is 0.0854. The van der Waals surface area contributed by atoms with Gasteiger partial charge in [-0.25, -0.2) is 0 Å². The first kappa shape index (κ1) is 25.6. The molecule has 1 N–H and O–H groups in total. The van der Waals surface area contributed by atoms with E-state index < -0.39 is 28.4 Å². The van der Waals surface area contributed by atoms with Gasteiger partial charge in [-0.3, -0.25) is 19.7 Å². The van der Waals surface area contributed by atoms with Gasteiger partial charge < -0.3 is 19.6 Å². The number of carbonyl (C=O) groups excluding carboxylic acids is 2. The minimum Gasteiger partial charge on any atom is -0.507 e. The Morgan fingerprint density at radius 3 is 2.41 bits per heavy atom. The molecule has 9 heteroatoms. The maximum absolute atomic E-state index is 13.2. The van der Waals surface area contributed by atoms with Crippen LogP contribution in [0.1, 0.15) is 23.6 Å². The van der Waals surface area contributed by atoms with E-state index >= 15 is 0 Å². The Balaban J connectivity index is 1.79. The number of non-ortho nitro benzene ring substituents is 1. The van der Waals surface area contributed by atoms with Gasteiger partial charge in [0.25, 0.3) is 17.4 Å². The van der Waals surface area contributed by atoms with E-state index in [0.717, 1.165) is 0 Å². The predicted molar refractivity (Wildman–Crippen MR) is 138 cm³/mol. The Morgan fingerprint density at radius 1 is 1.00 bits per heavy atom. The summed E-state index contributed by atoms with van der Waals surface area (Å²) in [6, 6.07) is 20.6. The number of likely N-dealkylation sites (tertiary alicyclic amines) is 1. The Bertz CT molecular complexity index is 1350. The molecule has 37 heavy (non-hydrogen) atoms. The van der Waals surface area contributed by atoms with Gasteiger partial charge in [0.15, 0.2) is 0 Å². The van der Waals surface area contributed by atoms with Crippen LogP contribution in [0.4, 0.5) is 5.69 Å². The summed E-state index contributed by atoms with van der Waals surface area (Å²) >= 11 is 0. The Labute approximate surface area is 214 Å². The zero-order valence-electron chi connectivity index (χ0n) is 20.5. The number of rotatable bonds is 9. The third-order valence-electron chi connectivity index (χ3n) is 6.03. The molecular weight excluding hydrogens is 474 g/mol. The first-order chi connectivity index (χ1) is 17.8. The van der Waals surface area contributed by atoms with Crippen LogP contribution in [-0.2, 0) is 9.59 Å². The van der Waals surface area contributed by atoms with Crippen molar-refractivity contribution in [3.05, 3.63) is 106 Å². The van der Waals surface area contributed by atoms with E-state index in [0.29, 0.717) is 30.0 Å². The van der Waals surface area contributed by atoms with Crippen molar-refractivity contribution in [2.75, 3.05) is 27.2 Å². The first-order valence-corrected chi connectivity index (χ1v) is 11.8. The summed E-state index contributed by atoms with van der Waals surface area (Å²) in [6.07, 6.45) is 0.605. The molecular formula is C28H27N3O6. The summed E-state index contributed by atoms with van der Waals surface area (Å²) in [4.78, 5) is 40.5. The van der Waals surface area contributed by atoms with Gasteiger partial charge in [-0.2, -0.15) is 0 Å². The van der Waals surface area contributed by atoms with Crippen molar-refractivity contribution in [3.63, 3.8) is 0 Å². The highest BCUT2D eigenvalue weighted by Gasteiger charge is 2.46. The lowest BCUT2D eigenvalue weighted by Crippen LogP contribution is -2.32. The predicted octanol–water partition coefficient (Wildman–Crippen LogP) is 4.76. The molecule has 1 amide bonds. The van der Waals surface area contributed by atoms with E-state index in [1.807, 2.05) is 49.3 Å². The molecule has 0 aromatic heterocycles. The van der Waals surface area contributed by atoms with E-state index in [4.69, 9.17) is 4.74 Å². The maximum atomic E-state index is 13.2. The number of nitro benzene ring substituents is 1. The molecule has 0 radical (unpaired) electrons. The SMILES string of the molecule is CN(C)CCCN1C(=O)C(=O)/C(=C(\O)c2cccc([N+](=O)[O-])c2)C1c1cccc(Oc2ccccc2)c1. The molecule has 4 rings (SSSR count). The van der Waals surface area contributed by atoms with E-state index in [1.54, 1.807) is 24.3 Å². The van der Waals surface area contributed by atoms with Crippen LogP contribution in [0.3, 0.4) is 0 Å². The first-order valence-electron chi connectivity index (χ1n) is 11.8. The number of para-hydroxylation sites is 1. The molecule has 190 valence electrons. The number of nitrogens with zero attached hydrogens (tertiary/aromatic N) is 3. The number of nitro groups is 1. The molecule has 3 aromatic rings. The molecule has 1 aliphatic rings. The smallest absolute Gasteiger partial charge is 0.295 e. The van der Waals surface area contributed by atoms with Gasteiger partial charge in [0, 0.05) is 24.2 Å². The van der Waals surface area contributed by atoms with Crippen molar-refractivity contribution in [1.29, 1.82) is 0 Å². The monoisotopic (exact) mass is 501 g/mol. The summed E-state index contributed by atoms with van der Waals surface area (Å²) in [5.41, 5.74) is 0.304. The van der Waals surface area contributed by atoms with Gasteiger partial charge >= 0.3 is 0 Å². The number of carbonyl (C=O) groups is 2. The molecule has 9 nitrogen and oxygen atoms in total. The lowest BCUT2D eigenvalue weighted by molar-refractivity contribution is -0.384. The van der Waals surface area contributed by atoms with Gasteiger partial charge in [-0.15, -0.1) is 0 Å². The van der Waals surface area contributed by atoms with E-state index in [1.165, 1.54) is 29.2 Å². The maximum Gasteiger partial charge on any atom is 0.295 e. The second-order valence-electron chi connectivity index (χ2n) is 8.94. The number of ketones is 1. The van der Waals surface area contributed by atoms with Crippen LogP contribution in [-0.4, -0.2) is 58.7 Å². The summed E-state index contributed by atoms with van der Waals surface area (Å²) in [7, 11) is 3.83. The molecule has 0 spiro atoms. The van der Waals surface area contributed by atoms with Crippen LogP contribution in [0.2, 0.25) is 0 Å². The Kier molecular flexibility index (Phi) is 7.64. The molecule has 0 aliphatic carbocycles. The highest BCUT2D eigenvalue weighted by atomic mass is 16.6. The van der Waals surface area contributed by atoms with Crippen molar-refractivity contribution in [2.24, 2.45) is 0 Å². The van der Waals surface area contributed by atoms with Crippen LogP contribution >= 0.6 is 0 Å². The van der Waals surface area contributed by atoms with Gasteiger partial charge in [0.2, 0.25) is 0 Å². The van der Waals surface area contributed by atoms with E-state index in [-0.39, 0.29) is 23.4 Å². The molecule has 1 saturated heterocycles. The number of aliphatic hydroxyl groups excluding tert-OH is 1. The molecule has 1 heterocycles. The number of hydrogen-bond donors (Lipinski definition) is 1. The number of hydrogen-bond acceptors (Lipinski definition) is 7. The zero-order chi connectivity index (χ0) is 26.5. The molecule has 0 saturated carbocycles. The lowest BCUT2D eigenvalue weighted by atomic mass is 9.95. The summed E-state index contributed by atoms with van der Waals surface area (Å²) in [5.74, 6) is -0.913. The average Bonchev–Trinajstić information content (AvgIpc) is 3.14. The topological polar surface area (TPSA) is 113 Å². The minimum atomic E-state index is -0.888. The third kappa shape index (κ3) is 5.68. The normalized spacial score (nSPS) is 16.8. The number of aliphatic hydroxyl groups is 1. The Morgan fingerprint density at radius 2 is 1.70 bits per heavy atom. The molecule has 1 atom stereocenters. The molecule has 1 unspecified atom stereocenters. The largest absolute Gasteiger partial charge is 0.507 e. The quantitative estimate of drug-likeness (QED) is 0.148. The lowest BCUT2D eigenvalue weighted by Gasteiger charge is -2.26. The van der Waals surface area contributed by atoms with Gasteiger partial charge in [-0.05, 0) is 56.9 Å². The molecule has 3 aromatic carbocycles. The van der Waals surface area contributed by atoms with Crippen molar-refractivity contribution in [1.82, 2.24) is 9.80 Å². The number of benzene rings is 3. The van der Waals surface area contributed by atoms with Crippen molar-refractivity contribution in [2.45, 2.75) is 12.5 Å². The second-order valence-corrected chi connectivity index (χ2v) is 8.94. The van der Waals surface area contributed by atoms with Crippen LogP contribution in [0.25, 0.3) is 5.76 Å². The van der Waals surface area contributed by atoms with Gasteiger partial charge in [-0.1, -0.05) is 42.5 Å². The number of Topliss-reactive ketones (excluding diaryl/α,β-unsaturated/α-hetero) is 1. The highest BCUT2D eigenvalue weighted by Crippen LogP contribution is 2.41. The van der Waals surface area contributed by atoms with Crippen LogP contribution < -0.4 is 4.74 Å². The summed E-state index contributed by atoms with van der Waals surface area (Å²) in [6.45, 7) is 0.973. The van der Waals surface area contributed by atoms with Crippen LogP contribution in [0.15, 0.2) is 84.4 Å². The number of ether oxygens (including phenoxy) is 1. The van der Waals surface area contributed by atoms with Crippen molar-refractivity contribution in [3.8, 4) is 11.5 Å². The van der Waals surface area contributed by atoms with Crippen molar-refractivity contribution >= 4 is 23.1 Å². The van der Waals surface area contributed by atoms with E-state index in [2.05, 4.69) is 0 Å². The average molecular weight is 502 g/mol. The van der Waals surface area contributed by atoms with Crippen molar-refractivity contribution < 1.29 is 24.4 Å². The van der Waals surface area contributed by atoms with Crippen LogP contribution in [0, 0.1) is 10.1 Å². The Hall–Kier alpha value is -4.50. The van der Waals surface area contributed by atoms with Gasteiger partial charge in [0.05, 0.1) is 16.5 Å². The molecule has 0 bridgehead atoms. The third-order valence-corrected chi connectivity index (χ3v) is 6.03. The fourth-order valence-corrected chi connectivity index (χ4v) is 4.31. The standard InChI is InChI=1S/C28H27N3O6/c1-29(2)15-8-16-30-25(19-9-7-14-23(18-19)37-22-12-4-3-5-13-22)24(27(33)28(30)34)26(32)20-10-6-11-21(17-20)31(35)36/h3-7,9-14,17-18,25,32H,8,15-16H2,1-2H3/b26-24-. The highest BCUT2D eigenvalue weighted by molar-refractivity contribution is 6.46. The summed E-state index contributed by atoms with van der Waals surface area (Å²) in [5, 5.41) is 22.5. The zero-order valence-corrected chi connectivity index (χ0v) is 20.5. The van der Waals surface area contributed by atoms with E-state index in [9.17, 15) is 24.8 Å². The fourth-order valence-electron chi connectivity index (χ4n) is 4.31. The summed E-state index contributed by atoms with van der Waals surface area (Å²) < 4.78 is 5.95. The molecule has 1 aliphatic heterocycles.